The highest BCUT2D eigenvalue weighted by atomic mass is 19.1. The van der Waals surface area contributed by atoms with Crippen molar-refractivity contribution in [2.75, 3.05) is 11.1 Å². The molecule has 2 amide bonds. The summed E-state index contributed by atoms with van der Waals surface area (Å²) < 4.78 is 13.3. The van der Waals surface area contributed by atoms with Crippen molar-refractivity contribution in [1.82, 2.24) is 5.32 Å². The number of hydrogen-bond acceptors (Lipinski definition) is 2. The van der Waals surface area contributed by atoms with Gasteiger partial charge in [-0.25, -0.2) is 9.18 Å². The van der Waals surface area contributed by atoms with E-state index in [0.717, 1.165) is 5.56 Å². The van der Waals surface area contributed by atoms with Crippen molar-refractivity contribution >= 4 is 17.4 Å². The number of carbonyl (C=O) groups is 1. The monoisotopic (exact) mass is 259 g/mol. The first-order valence-electron chi connectivity index (χ1n) is 5.79. The van der Waals surface area contributed by atoms with Crippen LogP contribution in [0.25, 0.3) is 0 Å². The van der Waals surface area contributed by atoms with E-state index in [9.17, 15) is 9.18 Å². The van der Waals surface area contributed by atoms with Gasteiger partial charge in [0.1, 0.15) is 5.82 Å². The number of para-hydroxylation sites is 1. The van der Waals surface area contributed by atoms with Crippen LogP contribution in [0.1, 0.15) is 5.56 Å². The standard InChI is InChI=1S/C14H14FN3O/c15-12-3-1-2-4-13(12)18-14(19)17-9-10-5-7-11(16)8-6-10/h1-8H,9,16H2,(H2,17,18,19). The third kappa shape index (κ3) is 3.70. The molecule has 2 rings (SSSR count). The Morgan fingerprint density at radius 3 is 2.47 bits per heavy atom. The van der Waals surface area contributed by atoms with Crippen LogP contribution in [0.2, 0.25) is 0 Å². The van der Waals surface area contributed by atoms with Crippen LogP contribution in [-0.2, 0) is 6.54 Å². The SMILES string of the molecule is Nc1ccc(CNC(=O)Nc2ccccc2F)cc1. The molecule has 0 fully saturated rings. The van der Waals surface area contributed by atoms with Crippen LogP contribution in [0.3, 0.4) is 0 Å². The van der Waals surface area contributed by atoms with Crippen LogP contribution >= 0.6 is 0 Å². The quantitative estimate of drug-likeness (QED) is 0.742. The molecule has 0 saturated heterocycles. The Bertz CT molecular complexity index is 569. The van der Waals surface area contributed by atoms with Crippen molar-refractivity contribution in [3.05, 3.63) is 59.9 Å². The lowest BCUT2D eigenvalue weighted by Gasteiger charge is -2.08. The first kappa shape index (κ1) is 12.9. The van der Waals surface area contributed by atoms with Crippen LogP contribution in [0.5, 0.6) is 0 Å². The van der Waals surface area contributed by atoms with Crippen LogP contribution in [0, 0.1) is 5.82 Å². The number of nitrogens with one attached hydrogen (secondary N) is 2. The summed E-state index contributed by atoms with van der Waals surface area (Å²) in [6, 6.07) is 12.7. The zero-order chi connectivity index (χ0) is 13.7. The van der Waals surface area contributed by atoms with Crippen molar-refractivity contribution < 1.29 is 9.18 Å². The molecule has 2 aromatic rings. The fraction of sp³-hybridized carbons (Fsp3) is 0.0714. The lowest BCUT2D eigenvalue weighted by atomic mass is 10.2. The van der Waals surface area contributed by atoms with Gasteiger partial charge >= 0.3 is 6.03 Å². The van der Waals surface area contributed by atoms with Gasteiger partial charge in [0.15, 0.2) is 0 Å². The summed E-state index contributed by atoms with van der Waals surface area (Å²) in [5, 5.41) is 5.08. The fourth-order valence-corrected chi connectivity index (χ4v) is 1.55. The second-order valence-corrected chi connectivity index (χ2v) is 4.03. The summed E-state index contributed by atoms with van der Waals surface area (Å²) in [6.45, 7) is 0.348. The lowest BCUT2D eigenvalue weighted by Crippen LogP contribution is -2.28. The number of nitrogen functional groups attached to an aromatic ring is 1. The fourth-order valence-electron chi connectivity index (χ4n) is 1.55. The van der Waals surface area contributed by atoms with Crippen molar-refractivity contribution in [3.8, 4) is 0 Å². The van der Waals surface area contributed by atoms with Crippen LogP contribution in [0.15, 0.2) is 48.5 Å². The van der Waals surface area contributed by atoms with E-state index in [2.05, 4.69) is 10.6 Å². The van der Waals surface area contributed by atoms with E-state index in [1.54, 1.807) is 24.3 Å². The third-order valence-corrected chi connectivity index (χ3v) is 2.55. The van der Waals surface area contributed by atoms with E-state index in [1.165, 1.54) is 12.1 Å². The molecule has 0 heterocycles. The van der Waals surface area contributed by atoms with Gasteiger partial charge in [-0.3, -0.25) is 0 Å². The molecule has 0 aliphatic rings. The minimum atomic E-state index is -0.467. The molecule has 4 nitrogen and oxygen atoms in total. The van der Waals surface area contributed by atoms with Gasteiger partial charge in [-0.2, -0.15) is 0 Å². The highest BCUT2D eigenvalue weighted by molar-refractivity contribution is 5.89. The Labute approximate surface area is 110 Å². The number of benzene rings is 2. The molecule has 0 atom stereocenters. The maximum Gasteiger partial charge on any atom is 0.319 e. The van der Waals surface area contributed by atoms with Gasteiger partial charge in [-0.05, 0) is 29.8 Å². The highest BCUT2D eigenvalue weighted by Gasteiger charge is 2.05. The second kappa shape index (κ2) is 5.86. The maximum absolute atomic E-state index is 13.3. The lowest BCUT2D eigenvalue weighted by molar-refractivity contribution is 0.251. The molecule has 0 aliphatic carbocycles. The van der Waals surface area contributed by atoms with E-state index in [1.807, 2.05) is 12.1 Å². The van der Waals surface area contributed by atoms with Crippen molar-refractivity contribution in [2.24, 2.45) is 0 Å². The molecular formula is C14H14FN3O. The Balaban J connectivity index is 1.88. The molecule has 4 N–H and O–H groups in total. The molecule has 0 aliphatic heterocycles. The summed E-state index contributed by atoms with van der Waals surface area (Å²) in [6.07, 6.45) is 0. The van der Waals surface area contributed by atoms with Gasteiger partial charge in [-0.1, -0.05) is 24.3 Å². The Kier molecular flexibility index (Phi) is 3.97. The number of carbonyl (C=O) groups excluding carboxylic acids is 1. The second-order valence-electron chi connectivity index (χ2n) is 4.03. The average molecular weight is 259 g/mol. The van der Waals surface area contributed by atoms with Crippen LogP contribution < -0.4 is 16.4 Å². The first-order valence-corrected chi connectivity index (χ1v) is 5.79. The molecular weight excluding hydrogens is 245 g/mol. The number of nitrogens with two attached hydrogens (primary N) is 1. The number of halogens is 1. The summed E-state index contributed by atoms with van der Waals surface area (Å²) in [5.74, 6) is -0.467. The third-order valence-electron chi connectivity index (χ3n) is 2.55. The molecule has 0 spiro atoms. The molecule has 98 valence electrons. The van der Waals surface area contributed by atoms with Gasteiger partial charge in [0.2, 0.25) is 0 Å². The minimum absolute atomic E-state index is 0.150. The van der Waals surface area contributed by atoms with Crippen molar-refractivity contribution in [1.29, 1.82) is 0 Å². The molecule has 0 unspecified atom stereocenters. The molecule has 0 radical (unpaired) electrons. The average Bonchev–Trinajstić information content (AvgIpc) is 2.41. The predicted molar refractivity (Wildman–Crippen MR) is 73.1 cm³/mol. The topological polar surface area (TPSA) is 67.1 Å². The molecule has 5 heteroatoms. The summed E-state index contributed by atoms with van der Waals surface area (Å²) in [5.41, 5.74) is 7.29. The number of rotatable bonds is 3. The normalized spacial score (nSPS) is 9.95. The van der Waals surface area contributed by atoms with Crippen molar-refractivity contribution in [2.45, 2.75) is 6.54 Å². The zero-order valence-corrected chi connectivity index (χ0v) is 10.2. The number of urea groups is 1. The molecule has 0 bridgehead atoms. The Morgan fingerprint density at radius 2 is 1.79 bits per heavy atom. The number of hydrogen-bond donors (Lipinski definition) is 3. The van der Waals surface area contributed by atoms with E-state index in [-0.39, 0.29) is 5.69 Å². The molecule has 2 aromatic carbocycles. The summed E-state index contributed by atoms with van der Waals surface area (Å²) >= 11 is 0. The molecule has 0 saturated carbocycles. The van der Waals surface area contributed by atoms with E-state index < -0.39 is 11.8 Å². The van der Waals surface area contributed by atoms with Crippen LogP contribution in [0.4, 0.5) is 20.6 Å². The van der Waals surface area contributed by atoms with Gasteiger partial charge in [-0.15, -0.1) is 0 Å². The van der Waals surface area contributed by atoms with Gasteiger partial charge in [0.25, 0.3) is 0 Å². The van der Waals surface area contributed by atoms with E-state index >= 15 is 0 Å². The first-order chi connectivity index (χ1) is 9.15. The largest absolute Gasteiger partial charge is 0.399 e. The van der Waals surface area contributed by atoms with Gasteiger partial charge < -0.3 is 16.4 Å². The van der Waals surface area contributed by atoms with E-state index in [0.29, 0.717) is 12.2 Å². The Morgan fingerprint density at radius 1 is 1.11 bits per heavy atom. The van der Waals surface area contributed by atoms with Gasteiger partial charge in [0, 0.05) is 12.2 Å². The molecule has 0 aromatic heterocycles. The summed E-state index contributed by atoms with van der Waals surface area (Å²) in [4.78, 5) is 11.6. The number of amides is 2. The van der Waals surface area contributed by atoms with E-state index in [4.69, 9.17) is 5.73 Å². The Hall–Kier alpha value is -2.56. The maximum atomic E-state index is 13.3. The zero-order valence-electron chi connectivity index (χ0n) is 10.2. The summed E-state index contributed by atoms with van der Waals surface area (Å²) in [7, 11) is 0. The highest BCUT2D eigenvalue weighted by Crippen LogP contribution is 2.12. The number of anilines is 2. The van der Waals surface area contributed by atoms with Crippen LogP contribution in [-0.4, -0.2) is 6.03 Å². The molecule has 19 heavy (non-hydrogen) atoms. The predicted octanol–water partition coefficient (Wildman–Crippen LogP) is 2.73. The smallest absolute Gasteiger partial charge is 0.319 e. The minimum Gasteiger partial charge on any atom is -0.399 e. The van der Waals surface area contributed by atoms with Crippen molar-refractivity contribution in [3.63, 3.8) is 0 Å². The van der Waals surface area contributed by atoms with Gasteiger partial charge in [0.05, 0.1) is 5.69 Å².